The molecular formula is C32H43N3O6. The first kappa shape index (κ1) is 28.2. The summed E-state index contributed by atoms with van der Waals surface area (Å²) in [6.07, 6.45) is 7.59. The van der Waals surface area contributed by atoms with Gasteiger partial charge in [0.15, 0.2) is 11.5 Å². The van der Waals surface area contributed by atoms with Crippen LogP contribution in [0.2, 0.25) is 0 Å². The van der Waals surface area contributed by atoms with Gasteiger partial charge < -0.3 is 34.7 Å². The largest absolute Gasteiger partial charge is 0.471 e. The molecule has 1 saturated heterocycles. The second kappa shape index (κ2) is 11.4. The molecule has 4 aliphatic rings. The smallest absolute Gasteiger partial charge is 0.249 e. The predicted molar refractivity (Wildman–Crippen MR) is 153 cm³/mol. The van der Waals surface area contributed by atoms with E-state index < -0.39 is 18.2 Å². The first-order valence-corrected chi connectivity index (χ1v) is 15.1. The van der Waals surface area contributed by atoms with E-state index in [0.717, 1.165) is 49.7 Å². The second-order valence-corrected chi connectivity index (χ2v) is 13.4. The molecule has 4 atom stereocenters. The number of carbonyl (C=O) groups is 1. The molecule has 4 heterocycles. The van der Waals surface area contributed by atoms with Crippen LogP contribution in [0.15, 0.2) is 30.5 Å². The maximum Gasteiger partial charge on any atom is 0.249 e. The zero-order valence-corrected chi connectivity index (χ0v) is 24.4. The van der Waals surface area contributed by atoms with Gasteiger partial charge >= 0.3 is 0 Å². The van der Waals surface area contributed by atoms with Gasteiger partial charge in [-0.1, -0.05) is 26.8 Å². The van der Waals surface area contributed by atoms with E-state index >= 15 is 0 Å². The fourth-order valence-electron chi connectivity index (χ4n) is 6.42. The van der Waals surface area contributed by atoms with Crippen LogP contribution in [0.1, 0.15) is 82.0 Å². The van der Waals surface area contributed by atoms with Crippen molar-refractivity contribution in [2.45, 2.75) is 102 Å². The number of aromatic nitrogens is 1. The molecule has 1 aromatic heterocycles. The summed E-state index contributed by atoms with van der Waals surface area (Å²) in [4.78, 5) is 17.8. The highest BCUT2D eigenvalue weighted by Gasteiger charge is 2.46. The van der Waals surface area contributed by atoms with Crippen molar-refractivity contribution >= 4 is 5.91 Å². The van der Waals surface area contributed by atoms with Gasteiger partial charge in [0, 0.05) is 37.4 Å². The van der Waals surface area contributed by atoms with Gasteiger partial charge in [0.2, 0.25) is 18.6 Å². The molecule has 1 spiro atoms. The van der Waals surface area contributed by atoms with E-state index in [2.05, 4.69) is 37.5 Å². The number of aliphatic hydroxyl groups excluding tert-OH is 1. The van der Waals surface area contributed by atoms with Crippen molar-refractivity contribution in [1.29, 1.82) is 0 Å². The van der Waals surface area contributed by atoms with Crippen LogP contribution in [-0.4, -0.2) is 59.8 Å². The van der Waals surface area contributed by atoms with E-state index in [9.17, 15) is 9.90 Å². The van der Waals surface area contributed by atoms with Gasteiger partial charge in [-0.25, -0.2) is 4.98 Å². The van der Waals surface area contributed by atoms with E-state index in [1.54, 1.807) is 0 Å². The van der Waals surface area contributed by atoms with Crippen molar-refractivity contribution in [1.82, 2.24) is 15.6 Å². The lowest BCUT2D eigenvalue weighted by molar-refractivity contribution is -0.131. The third-order valence-electron chi connectivity index (χ3n) is 8.68. The number of nitrogens with one attached hydrogen (secondary N) is 2. The molecular weight excluding hydrogens is 522 g/mol. The van der Waals surface area contributed by atoms with Crippen LogP contribution < -0.4 is 24.8 Å². The highest BCUT2D eigenvalue weighted by Crippen LogP contribution is 2.48. The topological polar surface area (TPSA) is 111 Å². The number of pyridine rings is 1. The monoisotopic (exact) mass is 565 g/mol. The molecule has 1 aromatic carbocycles. The number of ether oxygens (including phenoxy) is 4. The third-order valence-corrected chi connectivity index (χ3v) is 8.68. The fourth-order valence-corrected chi connectivity index (χ4v) is 6.42. The number of benzene rings is 1. The molecule has 2 aromatic rings. The van der Waals surface area contributed by atoms with E-state index in [4.69, 9.17) is 23.9 Å². The van der Waals surface area contributed by atoms with E-state index in [1.165, 1.54) is 5.56 Å². The maximum absolute atomic E-state index is 13.1. The molecule has 2 fully saturated rings. The van der Waals surface area contributed by atoms with Crippen LogP contribution in [0.25, 0.3) is 0 Å². The Morgan fingerprint density at radius 2 is 1.98 bits per heavy atom. The number of aliphatic hydroxyl groups is 1. The summed E-state index contributed by atoms with van der Waals surface area (Å²) in [7, 11) is 0. The minimum absolute atomic E-state index is 0.00109. The lowest BCUT2D eigenvalue weighted by Crippen LogP contribution is -2.53. The molecule has 3 aliphatic heterocycles. The minimum atomic E-state index is -0.833. The highest BCUT2D eigenvalue weighted by atomic mass is 16.7. The molecule has 1 amide bonds. The highest BCUT2D eigenvalue weighted by molar-refractivity contribution is 5.81. The van der Waals surface area contributed by atoms with Gasteiger partial charge in [-0.3, -0.25) is 4.79 Å². The SMILES string of the molecule is CC(C)(C)Cc1cnc2c(c1)[C@@H](NC[C@@H](O)[C@H](Cc1ccc3c(c1)OCO3)NC(=O)[C@H]1CCCO1)CC1(CCC1)O2. The number of fused-ring (bicyclic) bond motifs is 2. The fraction of sp³-hybridized carbons (Fsp3) is 0.625. The van der Waals surface area contributed by atoms with Gasteiger partial charge in [-0.05, 0) is 79.7 Å². The molecule has 0 unspecified atom stereocenters. The zero-order valence-electron chi connectivity index (χ0n) is 24.4. The number of nitrogens with zero attached hydrogens (tertiary/aromatic N) is 1. The Bertz CT molecular complexity index is 1250. The van der Waals surface area contributed by atoms with Crippen molar-refractivity contribution in [3.8, 4) is 17.4 Å². The summed E-state index contributed by atoms with van der Waals surface area (Å²) in [5.41, 5.74) is 3.14. The Morgan fingerprint density at radius 1 is 1.15 bits per heavy atom. The van der Waals surface area contributed by atoms with Crippen molar-refractivity contribution in [2.75, 3.05) is 19.9 Å². The summed E-state index contributed by atoms with van der Waals surface area (Å²) in [5, 5.41) is 18.3. The summed E-state index contributed by atoms with van der Waals surface area (Å²) in [6, 6.07) is 7.46. The van der Waals surface area contributed by atoms with Crippen LogP contribution >= 0.6 is 0 Å². The van der Waals surface area contributed by atoms with Crippen LogP contribution in [0.4, 0.5) is 0 Å². The van der Waals surface area contributed by atoms with Crippen LogP contribution in [0.5, 0.6) is 17.4 Å². The summed E-state index contributed by atoms with van der Waals surface area (Å²) in [5.74, 6) is 1.92. The average Bonchev–Trinajstić information content (AvgIpc) is 3.61. The zero-order chi connectivity index (χ0) is 28.6. The predicted octanol–water partition coefficient (Wildman–Crippen LogP) is 4.00. The van der Waals surface area contributed by atoms with Gasteiger partial charge in [0.05, 0.1) is 12.1 Å². The molecule has 9 heteroatoms. The number of hydrogen-bond acceptors (Lipinski definition) is 8. The summed E-state index contributed by atoms with van der Waals surface area (Å²) in [6.45, 7) is 7.78. The molecule has 222 valence electrons. The Labute approximate surface area is 242 Å². The lowest BCUT2D eigenvalue weighted by Gasteiger charge is -2.47. The Hall–Kier alpha value is -2.88. The van der Waals surface area contributed by atoms with Crippen molar-refractivity contribution in [3.05, 3.63) is 47.2 Å². The van der Waals surface area contributed by atoms with E-state index in [1.807, 2.05) is 24.4 Å². The van der Waals surface area contributed by atoms with Gasteiger partial charge in [-0.2, -0.15) is 0 Å². The Balaban J connectivity index is 1.19. The summed E-state index contributed by atoms with van der Waals surface area (Å²) < 4.78 is 23.1. The number of amides is 1. The van der Waals surface area contributed by atoms with Crippen LogP contribution in [-0.2, 0) is 22.4 Å². The van der Waals surface area contributed by atoms with Crippen LogP contribution in [0.3, 0.4) is 0 Å². The third kappa shape index (κ3) is 6.47. The van der Waals surface area contributed by atoms with Crippen molar-refractivity contribution in [3.63, 3.8) is 0 Å². The van der Waals surface area contributed by atoms with Gasteiger partial charge in [0.25, 0.3) is 0 Å². The van der Waals surface area contributed by atoms with Gasteiger partial charge in [-0.15, -0.1) is 0 Å². The molecule has 0 bridgehead atoms. The van der Waals surface area contributed by atoms with E-state index in [-0.39, 0.29) is 29.8 Å². The van der Waals surface area contributed by atoms with Gasteiger partial charge in [0.1, 0.15) is 11.7 Å². The number of rotatable bonds is 9. The molecule has 1 saturated carbocycles. The minimum Gasteiger partial charge on any atom is -0.471 e. The molecule has 9 nitrogen and oxygen atoms in total. The first-order valence-electron chi connectivity index (χ1n) is 15.1. The van der Waals surface area contributed by atoms with Crippen LogP contribution in [0, 0.1) is 5.41 Å². The molecule has 0 radical (unpaired) electrons. The molecule has 3 N–H and O–H groups in total. The average molecular weight is 566 g/mol. The number of carbonyl (C=O) groups excluding carboxylic acids is 1. The first-order chi connectivity index (χ1) is 19.7. The normalized spacial score (nSPS) is 23.8. The molecule has 6 rings (SSSR count). The Morgan fingerprint density at radius 3 is 2.71 bits per heavy atom. The second-order valence-electron chi connectivity index (χ2n) is 13.4. The standard InChI is InChI=1S/C32H43N3O6/c1-31(2,3)15-21-12-22-24(16-32(9-5-10-32)41-30(22)34-17-21)33-18-25(36)23(35-29(37)27-6-4-11-38-27)13-20-7-8-26-28(14-20)40-19-39-26/h7-8,12,14,17,23-25,27,33,36H,4-6,9-11,13,15-16,18-19H2,1-3H3,(H,35,37)/t23-,24-,25+,27+/m0/s1. The van der Waals surface area contributed by atoms with Crippen molar-refractivity contribution < 1.29 is 28.8 Å². The molecule has 1 aliphatic carbocycles. The summed E-state index contributed by atoms with van der Waals surface area (Å²) >= 11 is 0. The quantitative estimate of drug-likeness (QED) is 0.419. The lowest BCUT2D eigenvalue weighted by atomic mass is 9.73. The van der Waals surface area contributed by atoms with E-state index in [0.29, 0.717) is 43.4 Å². The Kier molecular flexibility index (Phi) is 7.87. The number of hydrogen-bond donors (Lipinski definition) is 3. The van der Waals surface area contributed by atoms with Crippen molar-refractivity contribution in [2.24, 2.45) is 5.41 Å². The molecule has 41 heavy (non-hydrogen) atoms. The maximum atomic E-state index is 13.1.